The fourth-order valence-corrected chi connectivity index (χ4v) is 2.37. The molecule has 1 aliphatic carbocycles. The van der Waals surface area contributed by atoms with Crippen LogP contribution >= 0.6 is 0 Å². The molecule has 0 spiro atoms. The van der Waals surface area contributed by atoms with Crippen LogP contribution in [0.2, 0.25) is 0 Å². The fourth-order valence-electron chi connectivity index (χ4n) is 2.37. The zero-order valence-electron chi connectivity index (χ0n) is 12.0. The molecule has 0 aromatic heterocycles. The molecule has 0 saturated heterocycles. The topological polar surface area (TPSA) is 86.7 Å². The van der Waals surface area contributed by atoms with Crippen LogP contribution in [-0.2, 0) is 14.4 Å². The minimum atomic E-state index is -0.957. The molecule has 0 aliphatic heterocycles. The van der Waals surface area contributed by atoms with E-state index in [9.17, 15) is 19.5 Å². The lowest BCUT2D eigenvalue weighted by Gasteiger charge is -2.30. The van der Waals surface area contributed by atoms with Crippen molar-refractivity contribution in [3.05, 3.63) is 12.2 Å². The summed E-state index contributed by atoms with van der Waals surface area (Å²) in [6, 6.07) is 0. The number of carbonyl (C=O) groups excluding carboxylic acids is 2. The third kappa shape index (κ3) is 4.08. The number of likely N-dealkylation sites (N-methyl/N-ethyl adjacent to an activating group) is 2. The first-order chi connectivity index (χ1) is 9.51. The summed E-state index contributed by atoms with van der Waals surface area (Å²) in [5.74, 6) is -2.71. The molecule has 2 N–H and O–H groups in total. The smallest absolute Gasteiger partial charge is 0.307 e. The van der Waals surface area contributed by atoms with Crippen molar-refractivity contribution in [2.24, 2.45) is 11.8 Å². The van der Waals surface area contributed by atoms with Gasteiger partial charge < -0.3 is 15.3 Å². The lowest BCUT2D eigenvalue weighted by atomic mass is 9.82. The highest BCUT2D eigenvalue weighted by Crippen LogP contribution is 2.27. The molecular formula is C14H22N2O4. The zero-order chi connectivity index (χ0) is 15.1. The number of aliphatic carboxylic acids is 1. The van der Waals surface area contributed by atoms with Crippen molar-refractivity contribution in [2.75, 3.05) is 19.6 Å². The molecule has 112 valence electrons. The van der Waals surface area contributed by atoms with Gasteiger partial charge >= 0.3 is 5.97 Å². The van der Waals surface area contributed by atoms with E-state index in [1.807, 2.05) is 13.0 Å². The van der Waals surface area contributed by atoms with Gasteiger partial charge in [-0.25, -0.2) is 0 Å². The van der Waals surface area contributed by atoms with E-state index in [0.717, 1.165) is 0 Å². The Hall–Kier alpha value is -1.85. The van der Waals surface area contributed by atoms with Gasteiger partial charge in [0.05, 0.1) is 18.4 Å². The van der Waals surface area contributed by atoms with Crippen LogP contribution in [0.5, 0.6) is 0 Å². The minimum absolute atomic E-state index is 0.0181. The first-order valence-corrected chi connectivity index (χ1v) is 6.94. The summed E-state index contributed by atoms with van der Waals surface area (Å²) in [4.78, 5) is 36.7. The second-order valence-electron chi connectivity index (χ2n) is 4.80. The molecule has 0 bridgehead atoms. The van der Waals surface area contributed by atoms with E-state index >= 15 is 0 Å². The van der Waals surface area contributed by atoms with Crippen LogP contribution < -0.4 is 5.32 Å². The molecular weight excluding hydrogens is 260 g/mol. The molecule has 0 heterocycles. The zero-order valence-corrected chi connectivity index (χ0v) is 12.0. The Kier molecular flexibility index (Phi) is 6.21. The molecule has 2 unspecified atom stereocenters. The van der Waals surface area contributed by atoms with E-state index in [1.54, 1.807) is 13.0 Å². The minimum Gasteiger partial charge on any atom is -0.481 e. The van der Waals surface area contributed by atoms with E-state index in [2.05, 4.69) is 5.32 Å². The molecule has 0 radical (unpaired) electrons. The van der Waals surface area contributed by atoms with Gasteiger partial charge in [-0.1, -0.05) is 12.2 Å². The largest absolute Gasteiger partial charge is 0.481 e. The Morgan fingerprint density at radius 3 is 2.30 bits per heavy atom. The molecule has 2 atom stereocenters. The predicted octanol–water partition coefficient (Wildman–Crippen LogP) is 0.638. The van der Waals surface area contributed by atoms with Gasteiger partial charge in [0.1, 0.15) is 0 Å². The summed E-state index contributed by atoms with van der Waals surface area (Å²) in [6.07, 6.45) is 4.41. The SMILES string of the molecule is CCNC(=O)CN(CC)C(=O)C1CC=CCC1C(=O)O. The first-order valence-electron chi connectivity index (χ1n) is 6.94. The number of carboxylic acids is 1. The van der Waals surface area contributed by atoms with Crippen molar-refractivity contribution in [3.63, 3.8) is 0 Å². The third-order valence-electron chi connectivity index (χ3n) is 3.47. The van der Waals surface area contributed by atoms with Gasteiger partial charge in [-0.3, -0.25) is 14.4 Å². The van der Waals surface area contributed by atoms with Crippen LogP contribution in [0.1, 0.15) is 26.7 Å². The molecule has 0 saturated carbocycles. The van der Waals surface area contributed by atoms with Crippen molar-refractivity contribution < 1.29 is 19.5 Å². The Morgan fingerprint density at radius 1 is 1.20 bits per heavy atom. The van der Waals surface area contributed by atoms with Gasteiger partial charge in [0.15, 0.2) is 0 Å². The Balaban J connectivity index is 2.76. The summed E-state index contributed by atoms with van der Waals surface area (Å²) in [7, 11) is 0. The van der Waals surface area contributed by atoms with Crippen LogP contribution in [0.3, 0.4) is 0 Å². The highest BCUT2D eigenvalue weighted by atomic mass is 16.4. The van der Waals surface area contributed by atoms with E-state index in [4.69, 9.17) is 0 Å². The predicted molar refractivity (Wildman–Crippen MR) is 73.9 cm³/mol. The van der Waals surface area contributed by atoms with E-state index in [1.165, 1.54) is 4.90 Å². The second-order valence-corrected chi connectivity index (χ2v) is 4.80. The van der Waals surface area contributed by atoms with Crippen molar-refractivity contribution in [3.8, 4) is 0 Å². The fraction of sp³-hybridized carbons (Fsp3) is 0.643. The Morgan fingerprint density at radius 2 is 1.80 bits per heavy atom. The standard InChI is InChI=1S/C14H22N2O4/c1-3-15-12(17)9-16(4-2)13(18)10-7-5-6-8-11(10)14(19)20/h5-6,10-11H,3-4,7-9H2,1-2H3,(H,15,17)(H,19,20). The number of carbonyl (C=O) groups is 3. The van der Waals surface area contributed by atoms with E-state index < -0.39 is 17.8 Å². The Bertz CT molecular complexity index is 406. The van der Waals surface area contributed by atoms with Crippen molar-refractivity contribution >= 4 is 17.8 Å². The van der Waals surface area contributed by atoms with Crippen LogP contribution in [0, 0.1) is 11.8 Å². The molecule has 6 heteroatoms. The third-order valence-corrected chi connectivity index (χ3v) is 3.47. The molecule has 1 aliphatic rings. The highest BCUT2D eigenvalue weighted by molar-refractivity contribution is 5.89. The monoisotopic (exact) mass is 282 g/mol. The van der Waals surface area contributed by atoms with Crippen LogP contribution in [0.4, 0.5) is 0 Å². The molecule has 1 rings (SSSR count). The maximum Gasteiger partial charge on any atom is 0.307 e. The number of carboxylic acid groups (broad SMARTS) is 1. The molecule has 6 nitrogen and oxygen atoms in total. The highest BCUT2D eigenvalue weighted by Gasteiger charge is 2.36. The lowest BCUT2D eigenvalue weighted by Crippen LogP contribution is -2.46. The number of hydrogen-bond donors (Lipinski definition) is 2. The summed E-state index contributed by atoms with van der Waals surface area (Å²) >= 11 is 0. The summed E-state index contributed by atoms with van der Waals surface area (Å²) in [5, 5.41) is 11.8. The van der Waals surface area contributed by atoms with Gasteiger partial charge in [0, 0.05) is 13.1 Å². The normalized spacial score (nSPS) is 21.3. The molecule has 0 fully saturated rings. The summed E-state index contributed by atoms with van der Waals surface area (Å²) in [6.45, 7) is 4.47. The molecule has 0 aromatic rings. The van der Waals surface area contributed by atoms with Crippen molar-refractivity contribution in [1.82, 2.24) is 10.2 Å². The maximum absolute atomic E-state index is 12.4. The van der Waals surface area contributed by atoms with Crippen molar-refractivity contribution in [2.45, 2.75) is 26.7 Å². The summed E-state index contributed by atoms with van der Waals surface area (Å²) in [5.41, 5.74) is 0. The first kappa shape index (κ1) is 16.2. The lowest BCUT2D eigenvalue weighted by molar-refractivity contribution is -0.151. The van der Waals surface area contributed by atoms with Gasteiger partial charge in [0.2, 0.25) is 11.8 Å². The van der Waals surface area contributed by atoms with Gasteiger partial charge in [-0.15, -0.1) is 0 Å². The summed E-state index contributed by atoms with van der Waals surface area (Å²) < 4.78 is 0. The van der Waals surface area contributed by atoms with Gasteiger partial charge in [-0.05, 0) is 26.7 Å². The van der Waals surface area contributed by atoms with Crippen molar-refractivity contribution in [1.29, 1.82) is 0 Å². The average molecular weight is 282 g/mol. The second kappa shape index (κ2) is 7.67. The average Bonchev–Trinajstić information content (AvgIpc) is 2.44. The number of allylic oxidation sites excluding steroid dienone is 2. The number of hydrogen-bond acceptors (Lipinski definition) is 3. The number of amides is 2. The number of rotatable bonds is 6. The number of nitrogens with one attached hydrogen (secondary N) is 1. The quantitative estimate of drug-likeness (QED) is 0.700. The molecule has 20 heavy (non-hydrogen) atoms. The van der Waals surface area contributed by atoms with E-state index in [0.29, 0.717) is 25.9 Å². The van der Waals surface area contributed by atoms with E-state index in [-0.39, 0.29) is 18.4 Å². The van der Waals surface area contributed by atoms with Gasteiger partial charge in [-0.2, -0.15) is 0 Å². The van der Waals surface area contributed by atoms with Crippen LogP contribution in [0.15, 0.2) is 12.2 Å². The van der Waals surface area contributed by atoms with Crippen LogP contribution in [-0.4, -0.2) is 47.4 Å². The Labute approximate surface area is 118 Å². The maximum atomic E-state index is 12.4. The number of nitrogens with zero attached hydrogens (tertiary/aromatic N) is 1. The van der Waals surface area contributed by atoms with Gasteiger partial charge in [0.25, 0.3) is 0 Å². The van der Waals surface area contributed by atoms with Crippen LogP contribution in [0.25, 0.3) is 0 Å². The molecule has 2 amide bonds. The molecule has 0 aromatic carbocycles.